The summed E-state index contributed by atoms with van der Waals surface area (Å²) in [5, 5.41) is 3.14. The van der Waals surface area contributed by atoms with E-state index in [1.54, 1.807) is 18.2 Å². The van der Waals surface area contributed by atoms with Crippen molar-refractivity contribution in [2.24, 2.45) is 0 Å². The SMILES string of the molecule is CN(CCOc1ccccc1F)CC(=O)NC1CCN(C2CC2)CC1. The highest BCUT2D eigenvalue weighted by molar-refractivity contribution is 5.78. The number of likely N-dealkylation sites (N-methyl/N-ethyl adjacent to an activating group) is 1. The summed E-state index contributed by atoms with van der Waals surface area (Å²) >= 11 is 0. The minimum Gasteiger partial charge on any atom is -0.489 e. The maximum Gasteiger partial charge on any atom is 0.234 e. The number of benzene rings is 1. The Bertz CT molecular complexity index is 572. The predicted octanol–water partition coefficient (Wildman–Crippen LogP) is 1.88. The van der Waals surface area contributed by atoms with Crippen LogP contribution in [-0.4, -0.2) is 67.6 Å². The Morgan fingerprint density at radius 2 is 2.00 bits per heavy atom. The van der Waals surface area contributed by atoms with Crippen molar-refractivity contribution in [2.75, 3.05) is 39.8 Å². The summed E-state index contributed by atoms with van der Waals surface area (Å²) < 4.78 is 18.9. The first-order valence-electron chi connectivity index (χ1n) is 9.21. The molecule has 1 saturated carbocycles. The molecule has 0 atom stereocenters. The Kier molecular flexibility index (Phi) is 6.26. The Hall–Kier alpha value is -1.66. The molecular formula is C19H28FN3O2. The summed E-state index contributed by atoms with van der Waals surface area (Å²) in [4.78, 5) is 16.6. The van der Waals surface area contributed by atoms with Crippen molar-refractivity contribution < 1.29 is 13.9 Å². The van der Waals surface area contributed by atoms with Crippen LogP contribution in [0.2, 0.25) is 0 Å². The van der Waals surface area contributed by atoms with Crippen molar-refractivity contribution in [1.29, 1.82) is 0 Å². The van der Waals surface area contributed by atoms with Crippen LogP contribution in [0, 0.1) is 5.82 Å². The van der Waals surface area contributed by atoms with Gasteiger partial charge in [0.1, 0.15) is 6.61 Å². The summed E-state index contributed by atoms with van der Waals surface area (Å²) in [6.45, 7) is 3.46. The monoisotopic (exact) mass is 349 g/mol. The van der Waals surface area contributed by atoms with Gasteiger partial charge in [0.2, 0.25) is 5.91 Å². The van der Waals surface area contributed by atoms with Crippen molar-refractivity contribution in [1.82, 2.24) is 15.1 Å². The molecule has 0 spiro atoms. The number of hydrogen-bond donors (Lipinski definition) is 1. The zero-order valence-electron chi connectivity index (χ0n) is 14.9. The summed E-state index contributed by atoms with van der Waals surface area (Å²) in [7, 11) is 1.87. The number of hydrogen-bond acceptors (Lipinski definition) is 4. The standard InChI is InChI=1S/C19H28FN3O2/c1-22(12-13-25-18-5-3-2-4-17(18)20)14-19(24)21-15-8-10-23(11-9-15)16-6-7-16/h2-5,15-16H,6-14H2,1H3,(H,21,24). The van der Waals surface area contributed by atoms with Crippen LogP contribution in [0.15, 0.2) is 24.3 Å². The lowest BCUT2D eigenvalue weighted by Crippen LogP contribution is -2.47. The Labute approximate surface area is 149 Å². The van der Waals surface area contributed by atoms with Crippen molar-refractivity contribution in [3.8, 4) is 5.75 Å². The molecule has 1 saturated heterocycles. The van der Waals surface area contributed by atoms with Gasteiger partial charge in [-0.25, -0.2) is 4.39 Å². The number of halogens is 1. The van der Waals surface area contributed by atoms with Gasteiger partial charge in [-0.3, -0.25) is 9.69 Å². The van der Waals surface area contributed by atoms with E-state index in [1.165, 1.54) is 18.9 Å². The average molecular weight is 349 g/mol. The van der Waals surface area contributed by atoms with E-state index in [2.05, 4.69) is 10.2 Å². The van der Waals surface area contributed by atoms with Gasteiger partial charge in [0, 0.05) is 31.7 Å². The highest BCUT2D eigenvalue weighted by Gasteiger charge is 2.32. The summed E-state index contributed by atoms with van der Waals surface area (Å²) in [6.07, 6.45) is 4.78. The van der Waals surface area contributed by atoms with Gasteiger partial charge in [0.05, 0.1) is 6.54 Å². The first-order chi connectivity index (χ1) is 12.1. The number of rotatable bonds is 8. The number of ether oxygens (including phenoxy) is 1. The molecule has 3 rings (SSSR count). The Morgan fingerprint density at radius 3 is 2.68 bits per heavy atom. The molecule has 1 heterocycles. The molecular weight excluding hydrogens is 321 g/mol. The van der Waals surface area contributed by atoms with Crippen LogP contribution in [0.25, 0.3) is 0 Å². The molecule has 1 aromatic rings. The number of likely N-dealkylation sites (tertiary alicyclic amines) is 1. The second-order valence-corrected chi connectivity index (χ2v) is 7.13. The number of carbonyl (C=O) groups excluding carboxylic acids is 1. The minimum absolute atomic E-state index is 0.0539. The predicted molar refractivity (Wildman–Crippen MR) is 95.2 cm³/mol. The van der Waals surface area contributed by atoms with E-state index in [0.717, 1.165) is 32.0 Å². The third kappa shape index (κ3) is 5.68. The summed E-state index contributed by atoms with van der Waals surface area (Å²) in [5.74, 6) is -0.0542. The topological polar surface area (TPSA) is 44.8 Å². The Balaban J connectivity index is 1.30. The lowest BCUT2D eigenvalue weighted by Gasteiger charge is -2.32. The smallest absolute Gasteiger partial charge is 0.234 e. The lowest BCUT2D eigenvalue weighted by atomic mass is 10.0. The van der Waals surface area contributed by atoms with Crippen LogP contribution in [0.4, 0.5) is 4.39 Å². The fourth-order valence-corrected chi connectivity index (χ4v) is 3.32. The third-order valence-corrected chi connectivity index (χ3v) is 4.94. The molecule has 1 N–H and O–H groups in total. The number of carbonyl (C=O) groups is 1. The van der Waals surface area contributed by atoms with E-state index >= 15 is 0 Å². The van der Waals surface area contributed by atoms with Gasteiger partial charge in [0.15, 0.2) is 11.6 Å². The van der Waals surface area contributed by atoms with Gasteiger partial charge in [-0.15, -0.1) is 0 Å². The van der Waals surface area contributed by atoms with Crippen LogP contribution in [-0.2, 0) is 4.79 Å². The number of amides is 1. The molecule has 0 unspecified atom stereocenters. The molecule has 1 aromatic carbocycles. The molecule has 25 heavy (non-hydrogen) atoms. The minimum atomic E-state index is -0.361. The van der Waals surface area contributed by atoms with E-state index in [0.29, 0.717) is 25.7 Å². The fraction of sp³-hybridized carbons (Fsp3) is 0.632. The summed E-state index contributed by atoms with van der Waals surface area (Å²) in [5.41, 5.74) is 0. The van der Waals surface area contributed by atoms with Gasteiger partial charge in [0.25, 0.3) is 0 Å². The van der Waals surface area contributed by atoms with Gasteiger partial charge in [-0.1, -0.05) is 12.1 Å². The summed E-state index contributed by atoms with van der Waals surface area (Å²) in [6, 6.07) is 7.47. The van der Waals surface area contributed by atoms with Crippen LogP contribution < -0.4 is 10.1 Å². The van der Waals surface area contributed by atoms with Crippen molar-refractivity contribution in [2.45, 2.75) is 37.8 Å². The second kappa shape index (κ2) is 8.63. The van der Waals surface area contributed by atoms with Crippen LogP contribution in [0.5, 0.6) is 5.75 Å². The van der Waals surface area contributed by atoms with Crippen LogP contribution in [0.3, 0.4) is 0 Å². The molecule has 138 valence electrons. The molecule has 6 heteroatoms. The fourth-order valence-electron chi connectivity index (χ4n) is 3.32. The van der Waals surface area contributed by atoms with Crippen molar-refractivity contribution in [3.05, 3.63) is 30.1 Å². The van der Waals surface area contributed by atoms with Gasteiger partial charge in [-0.2, -0.15) is 0 Å². The Morgan fingerprint density at radius 1 is 1.28 bits per heavy atom. The maximum atomic E-state index is 13.5. The van der Waals surface area contributed by atoms with Gasteiger partial charge >= 0.3 is 0 Å². The quantitative estimate of drug-likeness (QED) is 0.778. The van der Waals surface area contributed by atoms with E-state index in [4.69, 9.17) is 4.74 Å². The van der Waals surface area contributed by atoms with E-state index < -0.39 is 0 Å². The molecule has 1 aliphatic heterocycles. The molecule has 0 radical (unpaired) electrons. The van der Waals surface area contributed by atoms with Gasteiger partial charge < -0.3 is 15.0 Å². The van der Waals surface area contributed by atoms with E-state index in [1.807, 2.05) is 11.9 Å². The largest absolute Gasteiger partial charge is 0.489 e. The molecule has 1 amide bonds. The van der Waals surface area contributed by atoms with Crippen LogP contribution >= 0.6 is 0 Å². The average Bonchev–Trinajstić information content (AvgIpc) is 3.42. The highest BCUT2D eigenvalue weighted by atomic mass is 19.1. The third-order valence-electron chi connectivity index (χ3n) is 4.94. The van der Waals surface area contributed by atoms with E-state index in [9.17, 15) is 9.18 Å². The molecule has 5 nitrogen and oxygen atoms in total. The molecule has 0 aromatic heterocycles. The molecule has 1 aliphatic carbocycles. The zero-order chi connectivity index (χ0) is 17.6. The van der Waals surface area contributed by atoms with E-state index in [-0.39, 0.29) is 17.5 Å². The zero-order valence-corrected chi connectivity index (χ0v) is 14.9. The van der Waals surface area contributed by atoms with Crippen LogP contribution in [0.1, 0.15) is 25.7 Å². The van der Waals surface area contributed by atoms with Crippen molar-refractivity contribution >= 4 is 5.91 Å². The molecule has 0 bridgehead atoms. The number of piperidine rings is 1. The molecule has 2 aliphatic rings. The highest BCUT2D eigenvalue weighted by Crippen LogP contribution is 2.29. The first kappa shape index (κ1) is 18.1. The van der Waals surface area contributed by atoms with Gasteiger partial charge in [-0.05, 0) is 44.9 Å². The number of nitrogens with zero attached hydrogens (tertiary/aromatic N) is 2. The normalized spacial score (nSPS) is 19.2. The number of para-hydroxylation sites is 1. The number of nitrogens with one attached hydrogen (secondary N) is 1. The maximum absolute atomic E-state index is 13.5. The van der Waals surface area contributed by atoms with Crippen molar-refractivity contribution in [3.63, 3.8) is 0 Å². The lowest BCUT2D eigenvalue weighted by molar-refractivity contribution is -0.123. The first-order valence-corrected chi connectivity index (χ1v) is 9.21. The molecule has 2 fully saturated rings. The second-order valence-electron chi connectivity index (χ2n) is 7.13.